The van der Waals surface area contributed by atoms with Crippen LogP contribution in [0.1, 0.15) is 15.9 Å². The van der Waals surface area contributed by atoms with Crippen molar-refractivity contribution in [3.63, 3.8) is 0 Å². The summed E-state index contributed by atoms with van der Waals surface area (Å²) in [5.74, 6) is -0.453. The van der Waals surface area contributed by atoms with Crippen LogP contribution in [0.4, 0.5) is 4.39 Å². The summed E-state index contributed by atoms with van der Waals surface area (Å²) in [6.07, 6.45) is 0. The molecular formula is C17H9FO. The minimum Gasteiger partial charge on any atom is -0.289 e. The molecule has 0 bridgehead atoms. The van der Waals surface area contributed by atoms with Crippen molar-refractivity contribution in [1.29, 1.82) is 0 Å². The van der Waals surface area contributed by atoms with Crippen LogP contribution in [-0.4, -0.2) is 5.78 Å². The summed E-state index contributed by atoms with van der Waals surface area (Å²) in [5, 5.41) is 1.96. The van der Waals surface area contributed by atoms with E-state index < -0.39 is 0 Å². The Bertz CT molecular complexity index is 849. The Morgan fingerprint density at radius 1 is 0.789 bits per heavy atom. The molecule has 0 amide bonds. The molecule has 0 unspecified atom stereocenters. The number of fused-ring (bicyclic) bond motifs is 5. The molecule has 3 aromatic carbocycles. The fourth-order valence-corrected chi connectivity index (χ4v) is 2.81. The predicted octanol–water partition coefficient (Wildman–Crippen LogP) is 4.19. The molecular weight excluding hydrogens is 239 g/mol. The topological polar surface area (TPSA) is 17.1 Å². The molecule has 0 atom stereocenters. The maximum Gasteiger partial charge on any atom is 0.195 e. The van der Waals surface area contributed by atoms with Gasteiger partial charge in [-0.05, 0) is 34.0 Å². The van der Waals surface area contributed by atoms with Gasteiger partial charge in [-0.15, -0.1) is 0 Å². The lowest BCUT2D eigenvalue weighted by atomic mass is 9.99. The molecule has 90 valence electrons. The van der Waals surface area contributed by atoms with E-state index >= 15 is 0 Å². The Hall–Kier alpha value is -2.48. The molecule has 0 aromatic heterocycles. The number of ketones is 1. The van der Waals surface area contributed by atoms with Crippen molar-refractivity contribution in [3.05, 3.63) is 71.5 Å². The largest absolute Gasteiger partial charge is 0.289 e. The highest BCUT2D eigenvalue weighted by atomic mass is 19.1. The number of hydrogen-bond acceptors (Lipinski definition) is 1. The standard InChI is InChI=1S/C17H9FO/c18-11-6-8-13-14-7-5-10-3-1-2-4-12(10)16(14)17(19)15(13)9-11/h1-9H. The van der Waals surface area contributed by atoms with Crippen molar-refractivity contribution in [3.8, 4) is 11.1 Å². The lowest BCUT2D eigenvalue weighted by molar-refractivity contribution is 0.104. The Balaban J connectivity index is 2.14. The minimum absolute atomic E-state index is 0.0821. The first-order valence-corrected chi connectivity index (χ1v) is 6.12. The summed E-state index contributed by atoms with van der Waals surface area (Å²) in [6, 6.07) is 16.1. The van der Waals surface area contributed by atoms with E-state index in [0.29, 0.717) is 11.1 Å². The quantitative estimate of drug-likeness (QED) is 0.456. The predicted molar refractivity (Wildman–Crippen MR) is 72.8 cm³/mol. The molecule has 0 fully saturated rings. The van der Waals surface area contributed by atoms with Crippen LogP contribution in [0.15, 0.2) is 54.6 Å². The average Bonchev–Trinajstić information content (AvgIpc) is 2.72. The Labute approximate surface area is 109 Å². The van der Waals surface area contributed by atoms with Gasteiger partial charge in [0.15, 0.2) is 5.78 Å². The smallest absolute Gasteiger partial charge is 0.195 e. The van der Waals surface area contributed by atoms with Crippen molar-refractivity contribution >= 4 is 16.6 Å². The molecule has 0 aliphatic heterocycles. The van der Waals surface area contributed by atoms with Gasteiger partial charge in [0.2, 0.25) is 0 Å². The number of carbonyl (C=O) groups is 1. The Morgan fingerprint density at radius 3 is 2.47 bits per heavy atom. The molecule has 0 N–H and O–H groups in total. The van der Waals surface area contributed by atoms with Gasteiger partial charge in [-0.2, -0.15) is 0 Å². The van der Waals surface area contributed by atoms with Crippen LogP contribution in [0.2, 0.25) is 0 Å². The van der Waals surface area contributed by atoms with Gasteiger partial charge in [0.25, 0.3) is 0 Å². The van der Waals surface area contributed by atoms with Crippen LogP contribution in [0, 0.1) is 5.82 Å². The van der Waals surface area contributed by atoms with Crippen LogP contribution < -0.4 is 0 Å². The summed E-state index contributed by atoms with van der Waals surface area (Å²) in [6.45, 7) is 0. The molecule has 1 nitrogen and oxygen atoms in total. The molecule has 2 heteroatoms. The van der Waals surface area contributed by atoms with E-state index in [1.165, 1.54) is 12.1 Å². The van der Waals surface area contributed by atoms with Crippen molar-refractivity contribution in [2.45, 2.75) is 0 Å². The summed E-state index contributed by atoms with van der Waals surface area (Å²) >= 11 is 0. The van der Waals surface area contributed by atoms with E-state index in [4.69, 9.17) is 0 Å². The fraction of sp³-hybridized carbons (Fsp3) is 0. The first kappa shape index (κ1) is 10.4. The highest BCUT2D eigenvalue weighted by molar-refractivity contribution is 6.27. The summed E-state index contributed by atoms with van der Waals surface area (Å²) in [4.78, 5) is 12.5. The second-order valence-electron chi connectivity index (χ2n) is 4.73. The van der Waals surface area contributed by atoms with Gasteiger partial charge in [-0.25, -0.2) is 4.39 Å². The van der Waals surface area contributed by atoms with Gasteiger partial charge < -0.3 is 0 Å². The van der Waals surface area contributed by atoms with Crippen molar-refractivity contribution in [2.75, 3.05) is 0 Å². The van der Waals surface area contributed by atoms with Crippen molar-refractivity contribution in [2.24, 2.45) is 0 Å². The lowest BCUT2D eigenvalue weighted by Crippen LogP contribution is -1.96. The maximum absolute atomic E-state index is 13.3. The van der Waals surface area contributed by atoms with Crippen molar-refractivity contribution in [1.82, 2.24) is 0 Å². The zero-order valence-electron chi connectivity index (χ0n) is 9.98. The minimum atomic E-state index is -0.371. The van der Waals surface area contributed by atoms with E-state index in [9.17, 15) is 9.18 Å². The monoisotopic (exact) mass is 248 g/mol. The van der Waals surface area contributed by atoms with Gasteiger partial charge in [-0.1, -0.05) is 42.5 Å². The molecule has 0 saturated heterocycles. The van der Waals surface area contributed by atoms with E-state index in [1.54, 1.807) is 6.07 Å². The van der Waals surface area contributed by atoms with Gasteiger partial charge in [0, 0.05) is 11.1 Å². The van der Waals surface area contributed by atoms with Crippen LogP contribution in [-0.2, 0) is 0 Å². The maximum atomic E-state index is 13.3. The van der Waals surface area contributed by atoms with E-state index in [0.717, 1.165) is 21.9 Å². The normalized spacial score (nSPS) is 12.6. The lowest BCUT2D eigenvalue weighted by Gasteiger charge is -2.04. The molecule has 4 rings (SSSR count). The van der Waals surface area contributed by atoms with Gasteiger partial charge in [-0.3, -0.25) is 4.79 Å². The van der Waals surface area contributed by atoms with E-state index in [2.05, 4.69) is 0 Å². The van der Waals surface area contributed by atoms with Gasteiger partial charge >= 0.3 is 0 Å². The zero-order chi connectivity index (χ0) is 13.0. The first-order valence-electron chi connectivity index (χ1n) is 6.12. The highest BCUT2D eigenvalue weighted by Gasteiger charge is 2.28. The average molecular weight is 248 g/mol. The molecule has 1 aliphatic carbocycles. The van der Waals surface area contributed by atoms with Crippen LogP contribution >= 0.6 is 0 Å². The van der Waals surface area contributed by atoms with Crippen molar-refractivity contribution < 1.29 is 9.18 Å². The number of hydrogen-bond donors (Lipinski definition) is 0. The zero-order valence-corrected chi connectivity index (χ0v) is 9.98. The first-order chi connectivity index (χ1) is 9.25. The molecule has 0 saturated carbocycles. The second kappa shape index (κ2) is 3.51. The van der Waals surface area contributed by atoms with E-state index in [-0.39, 0.29) is 11.6 Å². The Kier molecular flexibility index (Phi) is 1.93. The number of halogens is 1. The summed E-state index contributed by atoms with van der Waals surface area (Å²) in [7, 11) is 0. The van der Waals surface area contributed by atoms with Crippen LogP contribution in [0.25, 0.3) is 21.9 Å². The van der Waals surface area contributed by atoms with Gasteiger partial charge in [0.05, 0.1) is 0 Å². The Morgan fingerprint density at radius 2 is 1.58 bits per heavy atom. The molecule has 3 aromatic rings. The molecule has 0 heterocycles. The van der Waals surface area contributed by atoms with E-state index in [1.807, 2.05) is 36.4 Å². The van der Waals surface area contributed by atoms with Crippen LogP contribution in [0.3, 0.4) is 0 Å². The summed E-state index contributed by atoms with van der Waals surface area (Å²) in [5.41, 5.74) is 2.89. The molecule has 19 heavy (non-hydrogen) atoms. The fourth-order valence-electron chi connectivity index (χ4n) is 2.81. The summed E-state index contributed by atoms with van der Waals surface area (Å²) < 4.78 is 13.3. The third-order valence-electron chi connectivity index (χ3n) is 3.67. The highest BCUT2D eigenvalue weighted by Crippen LogP contribution is 2.40. The molecule has 0 radical (unpaired) electrons. The third-order valence-corrected chi connectivity index (χ3v) is 3.67. The van der Waals surface area contributed by atoms with Gasteiger partial charge in [0.1, 0.15) is 5.82 Å². The molecule has 0 spiro atoms. The second-order valence-corrected chi connectivity index (χ2v) is 4.73. The number of carbonyl (C=O) groups excluding carboxylic acids is 1. The SMILES string of the molecule is O=C1c2cc(F)ccc2-c2ccc3ccccc3c21. The number of rotatable bonds is 0. The molecule has 1 aliphatic rings. The number of benzene rings is 3. The van der Waals surface area contributed by atoms with Crippen LogP contribution in [0.5, 0.6) is 0 Å². The third kappa shape index (κ3) is 1.31.